The number of benzene rings is 1. The SMILES string of the molecule is O=C(Cc1ccc(Br)c(F)c1)N1CCC(F)(F)CC1. The number of rotatable bonds is 2. The summed E-state index contributed by atoms with van der Waals surface area (Å²) in [5, 5.41) is 0. The predicted octanol–water partition coefficient (Wildman–Crippen LogP) is 3.39. The van der Waals surface area contributed by atoms with Gasteiger partial charge in [-0.25, -0.2) is 13.2 Å². The molecule has 0 saturated carbocycles. The fourth-order valence-corrected chi connectivity index (χ4v) is 2.27. The number of carbonyl (C=O) groups excluding carboxylic acids is 1. The van der Waals surface area contributed by atoms with Crippen molar-refractivity contribution in [1.82, 2.24) is 4.90 Å². The summed E-state index contributed by atoms with van der Waals surface area (Å²) >= 11 is 3.03. The van der Waals surface area contributed by atoms with E-state index in [4.69, 9.17) is 0 Å². The summed E-state index contributed by atoms with van der Waals surface area (Å²) in [6.45, 7) is 0.121. The summed E-state index contributed by atoms with van der Waals surface area (Å²) < 4.78 is 39.6. The molecule has 2 rings (SSSR count). The van der Waals surface area contributed by atoms with E-state index in [-0.39, 0.29) is 38.3 Å². The molecule has 0 N–H and O–H groups in total. The Morgan fingerprint density at radius 3 is 2.53 bits per heavy atom. The van der Waals surface area contributed by atoms with Crippen LogP contribution in [0.2, 0.25) is 0 Å². The Balaban J connectivity index is 1.96. The van der Waals surface area contributed by atoms with Crippen LogP contribution in [0.5, 0.6) is 0 Å². The van der Waals surface area contributed by atoms with Crippen molar-refractivity contribution < 1.29 is 18.0 Å². The molecule has 0 aromatic heterocycles. The minimum absolute atomic E-state index is 0.0375. The number of alkyl halides is 2. The zero-order valence-electron chi connectivity index (χ0n) is 10.1. The summed E-state index contributed by atoms with van der Waals surface area (Å²) in [6.07, 6.45) is -0.559. The number of piperidine rings is 1. The normalized spacial score (nSPS) is 18.4. The minimum Gasteiger partial charge on any atom is -0.342 e. The number of nitrogens with zero attached hydrogens (tertiary/aromatic N) is 1. The molecule has 0 radical (unpaired) electrons. The van der Waals surface area contributed by atoms with Gasteiger partial charge in [-0.1, -0.05) is 6.07 Å². The zero-order valence-corrected chi connectivity index (χ0v) is 11.7. The van der Waals surface area contributed by atoms with Crippen molar-refractivity contribution in [3.63, 3.8) is 0 Å². The quantitative estimate of drug-likeness (QED) is 0.811. The minimum atomic E-state index is -2.67. The van der Waals surface area contributed by atoms with E-state index < -0.39 is 11.7 Å². The number of amides is 1. The molecule has 1 aromatic rings. The van der Waals surface area contributed by atoms with Gasteiger partial charge in [-0.2, -0.15) is 0 Å². The van der Waals surface area contributed by atoms with E-state index in [2.05, 4.69) is 15.9 Å². The molecule has 2 nitrogen and oxygen atoms in total. The monoisotopic (exact) mass is 335 g/mol. The van der Waals surface area contributed by atoms with E-state index in [1.54, 1.807) is 6.07 Å². The maximum Gasteiger partial charge on any atom is 0.251 e. The van der Waals surface area contributed by atoms with Gasteiger partial charge in [0.05, 0.1) is 10.9 Å². The molecule has 6 heteroatoms. The lowest BCUT2D eigenvalue weighted by atomic mass is 10.1. The average Bonchev–Trinajstić information content (AvgIpc) is 2.33. The molecule has 0 aliphatic carbocycles. The van der Waals surface area contributed by atoms with Crippen LogP contribution in [0.3, 0.4) is 0 Å². The Morgan fingerprint density at radius 2 is 1.95 bits per heavy atom. The molecule has 0 spiro atoms. The van der Waals surface area contributed by atoms with Crippen molar-refractivity contribution in [1.29, 1.82) is 0 Å². The van der Waals surface area contributed by atoms with Gasteiger partial charge in [0.15, 0.2) is 0 Å². The first-order valence-electron chi connectivity index (χ1n) is 5.97. The number of likely N-dealkylation sites (tertiary alicyclic amines) is 1. The van der Waals surface area contributed by atoms with Gasteiger partial charge >= 0.3 is 0 Å². The first kappa shape index (κ1) is 14.4. The van der Waals surface area contributed by atoms with Crippen LogP contribution in [0, 0.1) is 5.82 Å². The van der Waals surface area contributed by atoms with Gasteiger partial charge in [0.2, 0.25) is 5.91 Å². The molecule has 1 aliphatic heterocycles. The summed E-state index contributed by atoms with van der Waals surface area (Å²) in [4.78, 5) is 13.3. The molecule has 19 heavy (non-hydrogen) atoms. The average molecular weight is 336 g/mol. The molecule has 1 aromatic carbocycles. The van der Waals surface area contributed by atoms with Gasteiger partial charge in [0.25, 0.3) is 5.92 Å². The van der Waals surface area contributed by atoms with Crippen molar-refractivity contribution in [3.8, 4) is 0 Å². The molecule has 1 heterocycles. The van der Waals surface area contributed by atoms with E-state index in [0.717, 1.165) is 0 Å². The lowest BCUT2D eigenvalue weighted by Gasteiger charge is -2.31. The van der Waals surface area contributed by atoms with Crippen LogP contribution < -0.4 is 0 Å². The van der Waals surface area contributed by atoms with Crippen molar-refractivity contribution in [2.45, 2.75) is 25.2 Å². The number of hydrogen-bond donors (Lipinski definition) is 0. The second-order valence-corrected chi connectivity index (χ2v) is 5.52. The highest BCUT2D eigenvalue weighted by Gasteiger charge is 2.35. The van der Waals surface area contributed by atoms with Crippen LogP contribution >= 0.6 is 15.9 Å². The van der Waals surface area contributed by atoms with Crippen LogP contribution in [0.1, 0.15) is 18.4 Å². The molecule has 1 aliphatic rings. The third-order valence-electron chi connectivity index (χ3n) is 3.19. The fraction of sp³-hybridized carbons (Fsp3) is 0.462. The number of carbonyl (C=O) groups is 1. The second-order valence-electron chi connectivity index (χ2n) is 4.66. The number of hydrogen-bond acceptors (Lipinski definition) is 1. The summed E-state index contributed by atoms with van der Waals surface area (Å²) in [6, 6.07) is 4.45. The lowest BCUT2D eigenvalue weighted by Crippen LogP contribution is -2.43. The topological polar surface area (TPSA) is 20.3 Å². The van der Waals surface area contributed by atoms with E-state index in [0.29, 0.717) is 10.0 Å². The molecule has 1 fully saturated rings. The molecular weight excluding hydrogens is 323 g/mol. The Bertz CT molecular complexity index is 483. The van der Waals surface area contributed by atoms with Gasteiger partial charge in [-0.05, 0) is 33.6 Å². The molecule has 0 unspecified atom stereocenters. The van der Waals surface area contributed by atoms with Gasteiger partial charge in [0, 0.05) is 25.9 Å². The molecular formula is C13H13BrF3NO. The first-order valence-corrected chi connectivity index (χ1v) is 6.76. The fourth-order valence-electron chi connectivity index (χ4n) is 2.02. The van der Waals surface area contributed by atoms with E-state index >= 15 is 0 Å². The highest BCUT2D eigenvalue weighted by Crippen LogP contribution is 2.28. The summed E-state index contributed by atoms with van der Waals surface area (Å²) in [5.74, 6) is -3.34. The van der Waals surface area contributed by atoms with E-state index in [9.17, 15) is 18.0 Å². The first-order chi connectivity index (χ1) is 8.87. The Kier molecular flexibility index (Phi) is 4.18. The maximum atomic E-state index is 13.3. The lowest BCUT2D eigenvalue weighted by molar-refractivity contribution is -0.136. The van der Waals surface area contributed by atoms with Crippen molar-refractivity contribution in [2.24, 2.45) is 0 Å². The smallest absolute Gasteiger partial charge is 0.251 e. The highest BCUT2D eigenvalue weighted by molar-refractivity contribution is 9.10. The van der Waals surface area contributed by atoms with Gasteiger partial charge in [-0.3, -0.25) is 4.79 Å². The van der Waals surface area contributed by atoms with Crippen molar-refractivity contribution >= 4 is 21.8 Å². The van der Waals surface area contributed by atoms with Crippen LogP contribution in [0.4, 0.5) is 13.2 Å². The van der Waals surface area contributed by atoms with Gasteiger partial charge in [0.1, 0.15) is 5.82 Å². The van der Waals surface area contributed by atoms with E-state index in [1.807, 2.05) is 0 Å². The third-order valence-corrected chi connectivity index (χ3v) is 3.83. The molecule has 104 valence electrons. The predicted molar refractivity (Wildman–Crippen MR) is 68.6 cm³/mol. The third kappa shape index (κ3) is 3.72. The largest absolute Gasteiger partial charge is 0.342 e. The van der Waals surface area contributed by atoms with Crippen molar-refractivity contribution in [2.75, 3.05) is 13.1 Å². The molecule has 1 amide bonds. The van der Waals surface area contributed by atoms with Gasteiger partial charge < -0.3 is 4.90 Å². The second kappa shape index (κ2) is 5.53. The standard InChI is InChI=1S/C13H13BrF3NO/c14-10-2-1-9(7-11(10)15)8-12(19)18-5-3-13(16,17)4-6-18/h1-2,7H,3-6,8H2. The van der Waals surface area contributed by atoms with Gasteiger partial charge in [-0.15, -0.1) is 0 Å². The Labute approximate surface area is 117 Å². The molecule has 0 bridgehead atoms. The van der Waals surface area contributed by atoms with Crippen molar-refractivity contribution in [3.05, 3.63) is 34.1 Å². The summed E-state index contributed by atoms with van der Waals surface area (Å²) in [5.41, 5.74) is 0.544. The van der Waals surface area contributed by atoms with Crippen LogP contribution in [-0.2, 0) is 11.2 Å². The highest BCUT2D eigenvalue weighted by atomic mass is 79.9. The molecule has 0 atom stereocenters. The summed E-state index contributed by atoms with van der Waals surface area (Å²) in [7, 11) is 0. The Hall–Kier alpha value is -1.04. The Morgan fingerprint density at radius 1 is 1.32 bits per heavy atom. The zero-order chi connectivity index (χ0) is 14.0. The molecule has 1 saturated heterocycles. The van der Waals surface area contributed by atoms with E-state index in [1.165, 1.54) is 17.0 Å². The number of halogens is 4. The maximum absolute atomic E-state index is 13.3. The van der Waals surface area contributed by atoms with Crippen LogP contribution in [-0.4, -0.2) is 29.8 Å². The van der Waals surface area contributed by atoms with Crippen LogP contribution in [0.25, 0.3) is 0 Å². The van der Waals surface area contributed by atoms with Crippen LogP contribution in [0.15, 0.2) is 22.7 Å².